The second-order valence-corrected chi connectivity index (χ2v) is 9.08. The zero-order chi connectivity index (χ0) is 15.6. The summed E-state index contributed by atoms with van der Waals surface area (Å²) >= 11 is 1.52. The van der Waals surface area contributed by atoms with Crippen molar-refractivity contribution in [3.05, 3.63) is 0 Å². The van der Waals surface area contributed by atoms with Crippen molar-refractivity contribution in [3.8, 4) is 0 Å². The van der Waals surface area contributed by atoms with Gasteiger partial charge in [0.15, 0.2) is 9.84 Å². The first-order valence-electron chi connectivity index (χ1n) is 7.12. The number of thioether (sulfide) groups is 1. The number of nitrogens with zero attached hydrogens (tertiary/aromatic N) is 1. The number of hydrogen-bond donors (Lipinski definition) is 1. The van der Waals surface area contributed by atoms with Crippen LogP contribution >= 0.6 is 11.8 Å². The van der Waals surface area contributed by atoms with E-state index in [1.54, 1.807) is 0 Å². The van der Waals surface area contributed by atoms with Crippen molar-refractivity contribution in [2.24, 2.45) is 11.8 Å². The smallest absolute Gasteiger partial charge is 0.307 e. The summed E-state index contributed by atoms with van der Waals surface area (Å²) in [6.07, 6.45) is 3.81. The van der Waals surface area contributed by atoms with Gasteiger partial charge in [-0.15, -0.1) is 0 Å². The Labute approximate surface area is 129 Å². The van der Waals surface area contributed by atoms with Gasteiger partial charge in [-0.3, -0.25) is 9.59 Å². The van der Waals surface area contributed by atoms with Crippen LogP contribution in [0.15, 0.2) is 0 Å². The van der Waals surface area contributed by atoms with Gasteiger partial charge in [-0.1, -0.05) is 12.8 Å². The van der Waals surface area contributed by atoms with Gasteiger partial charge in [0, 0.05) is 24.3 Å². The van der Waals surface area contributed by atoms with E-state index < -0.39 is 33.0 Å². The first-order chi connectivity index (χ1) is 9.82. The average Bonchev–Trinajstić information content (AvgIpc) is 2.45. The van der Waals surface area contributed by atoms with Gasteiger partial charge in [0.25, 0.3) is 0 Å². The number of sulfone groups is 1. The first-order valence-corrected chi connectivity index (χ1v) is 10.2. The molecule has 3 atom stereocenters. The van der Waals surface area contributed by atoms with Crippen molar-refractivity contribution in [2.75, 3.05) is 24.3 Å². The number of amides is 1. The molecule has 8 heteroatoms. The van der Waals surface area contributed by atoms with Crippen LogP contribution in [0.5, 0.6) is 0 Å². The Bertz CT molecular complexity index is 519. The van der Waals surface area contributed by atoms with Crippen molar-refractivity contribution >= 4 is 33.5 Å². The fourth-order valence-electron chi connectivity index (χ4n) is 3.12. The molecule has 21 heavy (non-hydrogen) atoms. The van der Waals surface area contributed by atoms with Gasteiger partial charge >= 0.3 is 5.97 Å². The van der Waals surface area contributed by atoms with Crippen LogP contribution in [-0.2, 0) is 19.4 Å². The van der Waals surface area contributed by atoms with Gasteiger partial charge in [-0.2, -0.15) is 11.8 Å². The predicted octanol–water partition coefficient (Wildman–Crippen LogP) is 0.823. The Morgan fingerprint density at radius 3 is 2.38 bits per heavy atom. The minimum atomic E-state index is -3.36. The molecule has 2 aliphatic rings. The zero-order valence-corrected chi connectivity index (χ0v) is 13.7. The molecule has 1 unspecified atom stereocenters. The molecule has 1 N–H and O–H groups in total. The van der Waals surface area contributed by atoms with E-state index in [2.05, 4.69) is 0 Å². The van der Waals surface area contributed by atoms with Crippen molar-refractivity contribution in [2.45, 2.75) is 31.1 Å². The Balaban J connectivity index is 2.21. The molecule has 0 aromatic rings. The molecule has 0 spiro atoms. The van der Waals surface area contributed by atoms with Crippen LogP contribution in [0.25, 0.3) is 0 Å². The van der Waals surface area contributed by atoms with Crippen molar-refractivity contribution in [1.82, 2.24) is 4.90 Å². The van der Waals surface area contributed by atoms with Crippen LogP contribution in [0.1, 0.15) is 25.7 Å². The summed E-state index contributed by atoms with van der Waals surface area (Å²) in [6.45, 7) is 0.379. The lowest BCUT2D eigenvalue weighted by molar-refractivity contribution is -0.152. The Kier molecular flexibility index (Phi) is 5.19. The second kappa shape index (κ2) is 6.56. The number of aliphatic carboxylic acids is 1. The van der Waals surface area contributed by atoms with Crippen LogP contribution in [0, 0.1) is 11.8 Å². The maximum atomic E-state index is 12.7. The van der Waals surface area contributed by atoms with Gasteiger partial charge in [0.05, 0.1) is 11.8 Å². The summed E-state index contributed by atoms with van der Waals surface area (Å²) in [5, 5.41) is 8.47. The lowest BCUT2D eigenvalue weighted by Gasteiger charge is -2.38. The highest BCUT2D eigenvalue weighted by Crippen LogP contribution is 2.33. The molecule has 1 saturated heterocycles. The molecular weight excluding hydrogens is 314 g/mol. The Morgan fingerprint density at radius 1 is 1.19 bits per heavy atom. The van der Waals surface area contributed by atoms with E-state index in [4.69, 9.17) is 0 Å². The molecule has 120 valence electrons. The van der Waals surface area contributed by atoms with Gasteiger partial charge in [0.2, 0.25) is 5.91 Å². The number of rotatable bonds is 3. The minimum absolute atomic E-state index is 0.294. The predicted molar refractivity (Wildman–Crippen MR) is 80.8 cm³/mol. The van der Waals surface area contributed by atoms with Crippen molar-refractivity contribution in [3.63, 3.8) is 0 Å². The van der Waals surface area contributed by atoms with Crippen LogP contribution in [-0.4, -0.2) is 60.0 Å². The largest absolute Gasteiger partial charge is 0.481 e. The zero-order valence-electron chi connectivity index (χ0n) is 12.0. The fourth-order valence-corrected chi connectivity index (χ4v) is 5.95. The molecule has 1 heterocycles. The van der Waals surface area contributed by atoms with Crippen LogP contribution in [0.4, 0.5) is 0 Å². The SMILES string of the molecule is CS(=O)(=O)C1CSCCN1C(=O)[C@@H]1CCCC[C@@H]1C(=O)O. The Hall–Kier alpha value is -0.760. The third-order valence-corrected chi connectivity index (χ3v) is 6.91. The molecule has 1 aliphatic heterocycles. The lowest BCUT2D eigenvalue weighted by atomic mass is 9.78. The van der Waals surface area contributed by atoms with E-state index in [1.807, 2.05) is 0 Å². The monoisotopic (exact) mass is 335 g/mol. The van der Waals surface area contributed by atoms with Crippen LogP contribution in [0.2, 0.25) is 0 Å². The minimum Gasteiger partial charge on any atom is -0.481 e. The molecule has 1 saturated carbocycles. The van der Waals surface area contributed by atoms with E-state index in [0.717, 1.165) is 19.1 Å². The standard InChI is InChI=1S/C13H21NO5S2/c1-21(18,19)11-8-20-7-6-14(11)12(15)9-4-2-3-5-10(9)13(16)17/h9-11H,2-8H2,1H3,(H,16,17)/t9-,10+,11?/m1/s1. The van der Waals surface area contributed by atoms with Gasteiger partial charge < -0.3 is 10.0 Å². The molecule has 0 aromatic heterocycles. The molecule has 1 aliphatic carbocycles. The normalized spacial score (nSPS) is 30.9. The van der Waals surface area contributed by atoms with Crippen LogP contribution < -0.4 is 0 Å². The van der Waals surface area contributed by atoms with E-state index in [1.165, 1.54) is 16.7 Å². The Morgan fingerprint density at radius 2 is 1.81 bits per heavy atom. The lowest BCUT2D eigenvalue weighted by Crippen LogP contribution is -2.53. The highest BCUT2D eigenvalue weighted by Gasteiger charge is 2.42. The average molecular weight is 335 g/mol. The van der Waals surface area contributed by atoms with Crippen molar-refractivity contribution < 1.29 is 23.1 Å². The molecule has 0 aromatic carbocycles. The molecular formula is C13H21NO5S2. The number of carboxylic acids is 1. The fraction of sp³-hybridized carbons (Fsp3) is 0.846. The maximum Gasteiger partial charge on any atom is 0.307 e. The summed E-state index contributed by atoms with van der Waals surface area (Å²) in [4.78, 5) is 25.5. The maximum absolute atomic E-state index is 12.7. The summed E-state index contributed by atoms with van der Waals surface area (Å²) in [5.74, 6) is -1.44. The second-order valence-electron chi connectivity index (χ2n) is 5.73. The van der Waals surface area contributed by atoms with Gasteiger partial charge in [0.1, 0.15) is 5.37 Å². The van der Waals surface area contributed by atoms with Crippen molar-refractivity contribution in [1.29, 1.82) is 0 Å². The number of carbonyl (C=O) groups excluding carboxylic acids is 1. The molecule has 2 rings (SSSR count). The number of carbonyl (C=O) groups is 2. The molecule has 0 radical (unpaired) electrons. The summed E-state index contributed by atoms with van der Waals surface area (Å²) in [5.41, 5.74) is 0. The van der Waals surface area contributed by atoms with Crippen LogP contribution in [0.3, 0.4) is 0 Å². The van der Waals surface area contributed by atoms with E-state index in [-0.39, 0.29) is 5.91 Å². The number of carboxylic acid groups (broad SMARTS) is 1. The van der Waals surface area contributed by atoms with Gasteiger partial charge in [-0.25, -0.2) is 8.42 Å². The van der Waals surface area contributed by atoms with E-state index in [0.29, 0.717) is 30.9 Å². The number of hydrogen-bond acceptors (Lipinski definition) is 5. The first kappa shape index (κ1) is 16.6. The topological polar surface area (TPSA) is 91.8 Å². The highest BCUT2D eigenvalue weighted by molar-refractivity contribution is 8.00. The van der Waals surface area contributed by atoms with Gasteiger partial charge in [-0.05, 0) is 12.8 Å². The third-order valence-electron chi connectivity index (χ3n) is 4.26. The summed E-state index contributed by atoms with van der Waals surface area (Å²) in [7, 11) is -3.36. The highest BCUT2D eigenvalue weighted by atomic mass is 32.2. The molecule has 6 nitrogen and oxygen atoms in total. The summed E-state index contributed by atoms with van der Waals surface area (Å²) < 4.78 is 23.8. The molecule has 0 bridgehead atoms. The molecule has 2 fully saturated rings. The quantitative estimate of drug-likeness (QED) is 0.821. The third kappa shape index (κ3) is 3.71. The van der Waals surface area contributed by atoms with E-state index in [9.17, 15) is 23.1 Å². The molecule has 1 amide bonds. The van der Waals surface area contributed by atoms with E-state index >= 15 is 0 Å². The summed E-state index contributed by atoms with van der Waals surface area (Å²) in [6, 6.07) is 0.